The number of hydrogen-bond donors (Lipinski definition) is 1. The van der Waals surface area contributed by atoms with Crippen LogP contribution < -0.4 is 10.1 Å². The number of amides is 2. The molecule has 0 aromatic heterocycles. The monoisotopic (exact) mass is 424 g/mol. The fourth-order valence-corrected chi connectivity index (χ4v) is 2.73. The van der Waals surface area contributed by atoms with Crippen molar-refractivity contribution in [3.63, 3.8) is 0 Å². The predicted octanol–water partition coefficient (Wildman–Crippen LogP) is 4.00. The minimum absolute atomic E-state index is 0.119. The number of anilines is 1. The van der Waals surface area contributed by atoms with Gasteiger partial charge in [0.1, 0.15) is 11.9 Å². The molecule has 2 aromatic carbocycles. The van der Waals surface area contributed by atoms with Crippen molar-refractivity contribution in [3.8, 4) is 5.75 Å². The number of likely N-dealkylation sites (N-methyl/N-ethyl adjacent to an activating group) is 1. The Balaban J connectivity index is 1.84. The summed E-state index contributed by atoms with van der Waals surface area (Å²) in [6.45, 7) is 1.79. The number of ether oxygens (including phenoxy) is 2. The highest BCUT2D eigenvalue weighted by atomic mass is 35.5. The number of nitrogens with one attached hydrogen (secondary N) is 1. The summed E-state index contributed by atoms with van der Waals surface area (Å²) in [5, 5.41) is 3.41. The van der Waals surface area contributed by atoms with Gasteiger partial charge in [0.2, 0.25) is 5.91 Å². The summed E-state index contributed by atoms with van der Waals surface area (Å²) >= 11 is 11.8. The first-order valence-corrected chi connectivity index (χ1v) is 9.30. The normalized spacial score (nSPS) is 11.6. The summed E-state index contributed by atoms with van der Waals surface area (Å²) < 4.78 is 10.8. The van der Waals surface area contributed by atoms with Gasteiger partial charge in [-0.05, 0) is 42.8 Å². The van der Waals surface area contributed by atoms with Gasteiger partial charge in [-0.1, -0.05) is 35.3 Å². The van der Waals surface area contributed by atoms with E-state index in [0.29, 0.717) is 15.7 Å². The number of carbonyl (C=O) groups is 2. The fourth-order valence-electron chi connectivity index (χ4n) is 2.43. The van der Waals surface area contributed by atoms with Gasteiger partial charge in [0.15, 0.2) is 0 Å². The molecule has 2 rings (SSSR count). The van der Waals surface area contributed by atoms with E-state index in [-0.39, 0.29) is 25.0 Å². The van der Waals surface area contributed by atoms with Crippen molar-refractivity contribution in [2.24, 2.45) is 0 Å². The summed E-state index contributed by atoms with van der Waals surface area (Å²) in [6, 6.07) is 12.2. The number of benzene rings is 2. The number of rotatable bonds is 8. The molecule has 0 heterocycles. The van der Waals surface area contributed by atoms with Crippen LogP contribution in [0.5, 0.6) is 5.75 Å². The van der Waals surface area contributed by atoms with Gasteiger partial charge in [0.05, 0.1) is 30.3 Å². The van der Waals surface area contributed by atoms with Gasteiger partial charge in [0.25, 0.3) is 5.91 Å². The molecule has 8 heteroatoms. The van der Waals surface area contributed by atoms with Crippen LogP contribution in [0.25, 0.3) is 0 Å². The lowest BCUT2D eigenvalue weighted by Crippen LogP contribution is -2.40. The summed E-state index contributed by atoms with van der Waals surface area (Å²) in [7, 11) is 3.13. The Labute approximate surface area is 174 Å². The van der Waals surface area contributed by atoms with Crippen LogP contribution in [0.4, 0.5) is 5.69 Å². The minimum Gasteiger partial charge on any atom is -0.497 e. The van der Waals surface area contributed by atoms with Crippen molar-refractivity contribution in [2.45, 2.75) is 19.6 Å². The molecule has 0 fully saturated rings. The van der Waals surface area contributed by atoms with Crippen molar-refractivity contribution in [2.75, 3.05) is 26.0 Å². The van der Waals surface area contributed by atoms with E-state index in [4.69, 9.17) is 32.7 Å². The van der Waals surface area contributed by atoms with Gasteiger partial charge in [-0.3, -0.25) is 9.59 Å². The Hall–Kier alpha value is -2.28. The van der Waals surface area contributed by atoms with Crippen LogP contribution in [0, 0.1) is 0 Å². The highest BCUT2D eigenvalue weighted by Crippen LogP contribution is 2.25. The first kappa shape index (κ1) is 22.0. The third-order valence-corrected chi connectivity index (χ3v) is 4.68. The molecule has 150 valence electrons. The Morgan fingerprint density at radius 3 is 2.57 bits per heavy atom. The second-order valence-electron chi connectivity index (χ2n) is 6.18. The third-order valence-electron chi connectivity index (χ3n) is 3.94. The van der Waals surface area contributed by atoms with Crippen molar-refractivity contribution in [1.82, 2.24) is 4.90 Å². The van der Waals surface area contributed by atoms with E-state index in [9.17, 15) is 9.59 Å². The molecule has 0 bridgehead atoms. The van der Waals surface area contributed by atoms with Crippen LogP contribution in [0.2, 0.25) is 10.0 Å². The topological polar surface area (TPSA) is 67.9 Å². The van der Waals surface area contributed by atoms with E-state index >= 15 is 0 Å². The van der Waals surface area contributed by atoms with Crippen molar-refractivity contribution in [3.05, 3.63) is 58.1 Å². The molecule has 0 aliphatic heterocycles. The molecule has 28 heavy (non-hydrogen) atoms. The highest BCUT2D eigenvalue weighted by molar-refractivity contribution is 6.42. The average molecular weight is 425 g/mol. The molecule has 6 nitrogen and oxygen atoms in total. The number of carbonyl (C=O) groups excluding carboxylic acids is 2. The lowest BCUT2D eigenvalue weighted by molar-refractivity contribution is -0.143. The molecule has 1 unspecified atom stereocenters. The molecule has 1 atom stereocenters. The largest absolute Gasteiger partial charge is 0.497 e. The summed E-state index contributed by atoms with van der Waals surface area (Å²) in [5.41, 5.74) is 1.39. The van der Waals surface area contributed by atoms with Crippen LogP contribution in [0.3, 0.4) is 0 Å². The Bertz CT molecular complexity index is 845. The number of methoxy groups -OCH3 is 1. The number of nitrogens with zero attached hydrogens (tertiary/aromatic N) is 1. The molecule has 0 spiro atoms. The lowest BCUT2D eigenvalue weighted by atomic mass is 10.2. The highest BCUT2D eigenvalue weighted by Gasteiger charge is 2.20. The second-order valence-corrected chi connectivity index (χ2v) is 6.99. The molecule has 2 aromatic rings. The van der Waals surface area contributed by atoms with E-state index in [1.807, 2.05) is 24.3 Å². The zero-order chi connectivity index (χ0) is 20.7. The molecule has 0 radical (unpaired) electrons. The summed E-state index contributed by atoms with van der Waals surface area (Å²) in [6.07, 6.45) is -0.700. The molecular weight excluding hydrogens is 403 g/mol. The summed E-state index contributed by atoms with van der Waals surface area (Å²) in [5.74, 6) is 0.0672. The zero-order valence-corrected chi connectivity index (χ0v) is 17.4. The first-order valence-electron chi connectivity index (χ1n) is 8.54. The molecule has 0 saturated carbocycles. The lowest BCUT2D eigenvalue weighted by Gasteiger charge is -2.21. The quantitative estimate of drug-likeness (QED) is 0.694. The number of hydrogen-bond acceptors (Lipinski definition) is 4. The van der Waals surface area contributed by atoms with Crippen LogP contribution in [-0.4, -0.2) is 43.5 Å². The smallest absolute Gasteiger partial charge is 0.251 e. The maximum atomic E-state index is 12.4. The van der Waals surface area contributed by atoms with Crippen molar-refractivity contribution >= 4 is 40.7 Å². The van der Waals surface area contributed by atoms with E-state index in [1.165, 1.54) is 4.90 Å². The second kappa shape index (κ2) is 10.3. The van der Waals surface area contributed by atoms with E-state index in [2.05, 4.69) is 5.32 Å². The Morgan fingerprint density at radius 2 is 1.89 bits per heavy atom. The van der Waals surface area contributed by atoms with Gasteiger partial charge < -0.3 is 19.7 Å². The molecule has 0 aliphatic carbocycles. The molecule has 0 saturated heterocycles. The first-order chi connectivity index (χ1) is 13.3. The van der Waals surface area contributed by atoms with Crippen LogP contribution in [-0.2, 0) is 20.9 Å². The van der Waals surface area contributed by atoms with Crippen molar-refractivity contribution in [1.29, 1.82) is 0 Å². The van der Waals surface area contributed by atoms with Gasteiger partial charge in [-0.2, -0.15) is 0 Å². The van der Waals surface area contributed by atoms with E-state index in [0.717, 1.165) is 11.3 Å². The van der Waals surface area contributed by atoms with Gasteiger partial charge in [-0.25, -0.2) is 0 Å². The summed E-state index contributed by atoms with van der Waals surface area (Å²) in [4.78, 5) is 25.9. The van der Waals surface area contributed by atoms with Crippen molar-refractivity contribution < 1.29 is 19.1 Å². The average Bonchev–Trinajstić information content (AvgIpc) is 2.68. The van der Waals surface area contributed by atoms with Crippen LogP contribution in [0.15, 0.2) is 42.5 Å². The zero-order valence-electron chi connectivity index (χ0n) is 15.9. The Morgan fingerprint density at radius 1 is 1.14 bits per heavy atom. The van der Waals surface area contributed by atoms with Crippen LogP contribution >= 0.6 is 23.2 Å². The predicted molar refractivity (Wildman–Crippen MR) is 110 cm³/mol. The third kappa shape index (κ3) is 6.41. The van der Waals surface area contributed by atoms with Gasteiger partial charge in [-0.15, -0.1) is 0 Å². The maximum absolute atomic E-state index is 12.4. The fraction of sp³-hybridized carbons (Fsp3) is 0.300. The molecular formula is C20H22Cl2N2O4. The molecule has 2 amide bonds. The molecule has 0 aliphatic rings. The molecule has 1 N–H and O–H groups in total. The van der Waals surface area contributed by atoms with Gasteiger partial charge >= 0.3 is 0 Å². The number of halogens is 2. The van der Waals surface area contributed by atoms with E-state index < -0.39 is 6.10 Å². The standard InChI is InChI=1S/C20H22Cl2N2O4/c1-13(28-12-14-5-4-6-16(9-14)27-3)20(26)24(2)11-19(25)23-15-7-8-17(21)18(22)10-15/h4-10,13H,11-12H2,1-3H3,(H,23,25). The maximum Gasteiger partial charge on any atom is 0.251 e. The SMILES string of the molecule is COc1cccc(COC(C)C(=O)N(C)CC(=O)Nc2ccc(Cl)c(Cl)c2)c1. The van der Waals surface area contributed by atoms with Gasteiger partial charge in [0, 0.05) is 12.7 Å². The van der Waals surface area contributed by atoms with E-state index in [1.54, 1.807) is 39.3 Å². The van der Waals surface area contributed by atoms with Crippen LogP contribution in [0.1, 0.15) is 12.5 Å². The minimum atomic E-state index is -0.700. The Kier molecular flexibility index (Phi) is 8.11.